The van der Waals surface area contributed by atoms with Crippen LogP contribution in [-0.4, -0.2) is 16.0 Å². The van der Waals surface area contributed by atoms with Gasteiger partial charge in [-0.3, -0.25) is 4.79 Å². The van der Waals surface area contributed by atoms with Gasteiger partial charge in [0.1, 0.15) is 5.52 Å². The standard InChI is InChI=1S/C24H20ClN3O2S/c1-14-10-15(2)22-20(11-14)27-23(30-22)18-13-17(8-9-19(18)25)26-24(31)28-21(29)12-16-6-4-3-5-7-16/h3-11,13H,12H2,1-2H3,(H2,26,28,29,31). The van der Waals surface area contributed by atoms with Gasteiger partial charge in [0.05, 0.1) is 17.0 Å². The first-order valence-electron chi connectivity index (χ1n) is 9.71. The molecule has 0 atom stereocenters. The number of amides is 1. The van der Waals surface area contributed by atoms with Gasteiger partial charge in [0, 0.05) is 5.69 Å². The highest BCUT2D eigenvalue weighted by atomic mass is 35.5. The van der Waals surface area contributed by atoms with Crippen molar-refractivity contribution in [3.63, 3.8) is 0 Å². The number of hydrogen-bond donors (Lipinski definition) is 2. The van der Waals surface area contributed by atoms with Crippen LogP contribution in [0.4, 0.5) is 5.69 Å². The number of carbonyl (C=O) groups is 1. The third-order valence-corrected chi connectivity index (χ3v) is 5.27. The molecule has 4 aromatic rings. The maximum atomic E-state index is 12.2. The quantitative estimate of drug-likeness (QED) is 0.384. The van der Waals surface area contributed by atoms with E-state index in [0.717, 1.165) is 27.8 Å². The number of anilines is 1. The van der Waals surface area contributed by atoms with Gasteiger partial charge in [-0.25, -0.2) is 4.98 Å². The Hall–Kier alpha value is -3.22. The number of carbonyl (C=O) groups excluding carboxylic acids is 1. The summed E-state index contributed by atoms with van der Waals surface area (Å²) in [5.41, 5.74) is 5.87. The summed E-state index contributed by atoms with van der Waals surface area (Å²) in [5, 5.41) is 6.43. The van der Waals surface area contributed by atoms with Crippen molar-refractivity contribution in [2.45, 2.75) is 20.3 Å². The van der Waals surface area contributed by atoms with E-state index in [2.05, 4.69) is 15.6 Å². The first kappa shape index (κ1) is 21.0. The topological polar surface area (TPSA) is 67.2 Å². The van der Waals surface area contributed by atoms with E-state index in [1.54, 1.807) is 18.2 Å². The molecule has 1 amide bonds. The molecule has 1 aromatic heterocycles. The molecule has 0 aliphatic heterocycles. The zero-order valence-electron chi connectivity index (χ0n) is 17.0. The molecule has 0 spiro atoms. The lowest BCUT2D eigenvalue weighted by atomic mass is 10.1. The van der Waals surface area contributed by atoms with Crippen LogP contribution < -0.4 is 10.6 Å². The summed E-state index contributed by atoms with van der Waals surface area (Å²) < 4.78 is 5.99. The Morgan fingerprint density at radius 3 is 2.65 bits per heavy atom. The molecule has 3 aromatic carbocycles. The highest BCUT2D eigenvalue weighted by Gasteiger charge is 2.15. The van der Waals surface area contributed by atoms with Crippen LogP contribution in [0.1, 0.15) is 16.7 Å². The molecule has 1 heterocycles. The van der Waals surface area contributed by atoms with E-state index in [-0.39, 0.29) is 17.4 Å². The van der Waals surface area contributed by atoms with Crippen LogP contribution in [-0.2, 0) is 11.2 Å². The van der Waals surface area contributed by atoms with Crippen LogP contribution in [0.25, 0.3) is 22.6 Å². The van der Waals surface area contributed by atoms with Crippen molar-refractivity contribution < 1.29 is 9.21 Å². The number of oxazole rings is 1. The summed E-state index contributed by atoms with van der Waals surface area (Å²) in [6, 6.07) is 18.8. The number of hydrogen-bond acceptors (Lipinski definition) is 4. The SMILES string of the molecule is Cc1cc(C)c2oc(-c3cc(NC(=S)NC(=O)Cc4ccccc4)ccc3Cl)nc2c1. The van der Waals surface area contributed by atoms with E-state index in [1.807, 2.05) is 56.3 Å². The fraction of sp³-hybridized carbons (Fsp3) is 0.125. The largest absolute Gasteiger partial charge is 0.436 e. The molecule has 0 aliphatic rings. The maximum Gasteiger partial charge on any atom is 0.230 e. The summed E-state index contributed by atoms with van der Waals surface area (Å²) in [6.45, 7) is 4.01. The van der Waals surface area contributed by atoms with E-state index in [1.165, 1.54) is 0 Å². The van der Waals surface area contributed by atoms with Crippen molar-refractivity contribution in [3.05, 3.63) is 82.4 Å². The Bertz CT molecular complexity index is 1280. The number of aryl methyl sites for hydroxylation is 2. The van der Waals surface area contributed by atoms with Crippen LogP contribution in [0.3, 0.4) is 0 Å². The third kappa shape index (κ3) is 4.93. The highest BCUT2D eigenvalue weighted by Crippen LogP contribution is 2.33. The third-order valence-electron chi connectivity index (χ3n) is 4.74. The van der Waals surface area contributed by atoms with Crippen LogP contribution >= 0.6 is 23.8 Å². The van der Waals surface area contributed by atoms with Gasteiger partial charge >= 0.3 is 0 Å². The Morgan fingerprint density at radius 2 is 1.87 bits per heavy atom. The lowest BCUT2D eigenvalue weighted by Gasteiger charge is -2.11. The Morgan fingerprint density at radius 1 is 1.10 bits per heavy atom. The Labute approximate surface area is 190 Å². The summed E-state index contributed by atoms with van der Waals surface area (Å²) in [6.07, 6.45) is 0.246. The molecule has 0 unspecified atom stereocenters. The number of halogens is 1. The predicted octanol–water partition coefficient (Wildman–Crippen LogP) is 5.82. The van der Waals surface area contributed by atoms with Gasteiger partial charge in [-0.15, -0.1) is 0 Å². The molecular weight excluding hydrogens is 430 g/mol. The van der Waals surface area contributed by atoms with Crippen molar-refractivity contribution in [1.82, 2.24) is 10.3 Å². The van der Waals surface area contributed by atoms with Crippen molar-refractivity contribution in [2.24, 2.45) is 0 Å². The predicted molar refractivity (Wildman–Crippen MR) is 128 cm³/mol. The molecule has 0 saturated heterocycles. The number of benzene rings is 3. The van der Waals surface area contributed by atoms with Crippen LogP contribution in [0, 0.1) is 13.8 Å². The molecular formula is C24H20ClN3O2S. The minimum atomic E-state index is -0.192. The lowest BCUT2D eigenvalue weighted by molar-refractivity contribution is -0.119. The molecule has 7 heteroatoms. The fourth-order valence-electron chi connectivity index (χ4n) is 3.37. The summed E-state index contributed by atoms with van der Waals surface area (Å²) in [4.78, 5) is 16.8. The van der Waals surface area contributed by atoms with E-state index >= 15 is 0 Å². The van der Waals surface area contributed by atoms with Gasteiger partial charge in [0.15, 0.2) is 10.7 Å². The van der Waals surface area contributed by atoms with Crippen LogP contribution in [0.5, 0.6) is 0 Å². The number of aromatic nitrogens is 1. The highest BCUT2D eigenvalue weighted by molar-refractivity contribution is 7.80. The van der Waals surface area contributed by atoms with Crippen molar-refractivity contribution in [1.29, 1.82) is 0 Å². The zero-order chi connectivity index (χ0) is 22.0. The van der Waals surface area contributed by atoms with Gasteiger partial charge in [-0.2, -0.15) is 0 Å². The fourth-order valence-corrected chi connectivity index (χ4v) is 3.80. The molecule has 4 rings (SSSR count). The molecule has 5 nitrogen and oxygen atoms in total. The number of rotatable bonds is 4. The first-order chi connectivity index (χ1) is 14.9. The van der Waals surface area contributed by atoms with Gasteiger partial charge in [0.25, 0.3) is 0 Å². The van der Waals surface area contributed by atoms with E-state index < -0.39 is 0 Å². The summed E-state index contributed by atoms with van der Waals surface area (Å²) >= 11 is 11.7. The minimum absolute atomic E-state index is 0.192. The molecule has 0 aliphatic carbocycles. The number of nitrogens with zero attached hydrogens (tertiary/aromatic N) is 1. The van der Waals surface area contributed by atoms with Crippen molar-refractivity contribution in [3.8, 4) is 11.5 Å². The number of thiocarbonyl (C=S) groups is 1. The molecule has 0 radical (unpaired) electrons. The van der Waals surface area contributed by atoms with Gasteiger partial charge < -0.3 is 15.1 Å². The minimum Gasteiger partial charge on any atom is -0.436 e. The molecule has 156 valence electrons. The zero-order valence-corrected chi connectivity index (χ0v) is 18.6. The van der Waals surface area contributed by atoms with Crippen molar-refractivity contribution >= 4 is 51.6 Å². The lowest BCUT2D eigenvalue weighted by Crippen LogP contribution is -2.35. The average molecular weight is 450 g/mol. The van der Waals surface area contributed by atoms with Crippen LogP contribution in [0.15, 0.2) is 65.1 Å². The second-order valence-electron chi connectivity index (χ2n) is 7.31. The average Bonchev–Trinajstić information content (AvgIpc) is 3.14. The number of fused-ring (bicyclic) bond motifs is 1. The number of nitrogens with one attached hydrogen (secondary N) is 2. The van der Waals surface area contributed by atoms with Crippen molar-refractivity contribution in [2.75, 3.05) is 5.32 Å². The second-order valence-corrected chi connectivity index (χ2v) is 8.12. The van der Waals surface area contributed by atoms with E-state index in [0.29, 0.717) is 22.2 Å². The van der Waals surface area contributed by atoms with Gasteiger partial charge in [-0.05, 0) is 67.0 Å². The molecule has 0 fully saturated rings. The molecule has 0 bridgehead atoms. The van der Waals surface area contributed by atoms with Gasteiger partial charge in [-0.1, -0.05) is 48.0 Å². The van der Waals surface area contributed by atoms with Gasteiger partial charge in [0.2, 0.25) is 11.8 Å². The second kappa shape index (κ2) is 8.88. The molecule has 0 saturated carbocycles. The Balaban J connectivity index is 1.51. The van der Waals surface area contributed by atoms with Crippen LogP contribution in [0.2, 0.25) is 5.02 Å². The maximum absolute atomic E-state index is 12.2. The van der Waals surface area contributed by atoms with E-state index in [9.17, 15) is 4.79 Å². The monoisotopic (exact) mass is 449 g/mol. The molecule has 31 heavy (non-hydrogen) atoms. The smallest absolute Gasteiger partial charge is 0.230 e. The van der Waals surface area contributed by atoms with E-state index in [4.69, 9.17) is 28.2 Å². The first-order valence-corrected chi connectivity index (χ1v) is 10.5. The normalized spacial score (nSPS) is 10.8. The summed E-state index contributed by atoms with van der Waals surface area (Å²) in [7, 11) is 0. The Kier molecular flexibility index (Phi) is 6.02. The molecule has 2 N–H and O–H groups in total. The summed E-state index contributed by atoms with van der Waals surface area (Å²) in [5.74, 6) is 0.235.